The Morgan fingerprint density at radius 1 is 1.26 bits per heavy atom. The van der Waals surface area contributed by atoms with Crippen molar-refractivity contribution in [2.75, 3.05) is 14.2 Å². The average molecular weight is 340 g/mol. The van der Waals surface area contributed by atoms with E-state index in [1.54, 1.807) is 14.2 Å². The summed E-state index contributed by atoms with van der Waals surface area (Å²) < 4.78 is 10.6. The number of benzene rings is 1. The molecule has 6 heteroatoms. The molecule has 0 aromatic heterocycles. The van der Waals surface area contributed by atoms with Gasteiger partial charge in [-0.3, -0.25) is 4.79 Å². The van der Waals surface area contributed by atoms with Gasteiger partial charge in [0.15, 0.2) is 11.5 Å². The molecule has 2 bridgehead atoms. The Labute approximate surface area is 140 Å². The van der Waals surface area contributed by atoms with Crippen molar-refractivity contribution >= 4 is 17.6 Å². The van der Waals surface area contributed by atoms with Gasteiger partial charge in [-0.05, 0) is 42.7 Å². The predicted octanol–water partition coefficient (Wildman–Crippen LogP) is 2.95. The van der Waals surface area contributed by atoms with Crippen LogP contribution in [0.5, 0.6) is 11.5 Å². The first-order valence-corrected chi connectivity index (χ1v) is 8.28. The minimum absolute atomic E-state index is 0.150. The molecule has 2 aliphatic rings. The highest BCUT2D eigenvalue weighted by Crippen LogP contribution is 2.48. The molecule has 2 saturated carbocycles. The number of ether oxygens (including phenoxy) is 2. The molecule has 0 spiro atoms. The molecule has 1 aromatic carbocycles. The van der Waals surface area contributed by atoms with E-state index in [0.29, 0.717) is 40.9 Å². The minimum Gasteiger partial charge on any atom is -0.493 e. The molecule has 0 unspecified atom stereocenters. The van der Waals surface area contributed by atoms with Crippen LogP contribution in [0.1, 0.15) is 24.8 Å². The SMILES string of the molecule is COc1ccc(CN[C@@H]2C[C@H]3C[C@@H]2C[C@H]3C(=O)O)c(Cl)c1OC. The first kappa shape index (κ1) is 16.4. The van der Waals surface area contributed by atoms with Crippen LogP contribution in [0.3, 0.4) is 0 Å². The molecule has 0 aliphatic heterocycles. The maximum absolute atomic E-state index is 11.2. The summed E-state index contributed by atoms with van der Waals surface area (Å²) in [5.74, 6) is 1.15. The number of aliphatic carboxylic acids is 1. The third-order valence-electron chi connectivity index (χ3n) is 5.29. The lowest BCUT2D eigenvalue weighted by molar-refractivity contribution is -0.143. The van der Waals surface area contributed by atoms with Gasteiger partial charge >= 0.3 is 5.97 Å². The zero-order valence-corrected chi connectivity index (χ0v) is 14.1. The van der Waals surface area contributed by atoms with Crippen LogP contribution in [0.25, 0.3) is 0 Å². The number of nitrogens with one attached hydrogen (secondary N) is 1. The molecule has 0 saturated heterocycles. The third-order valence-corrected chi connectivity index (χ3v) is 5.71. The van der Waals surface area contributed by atoms with E-state index in [2.05, 4.69) is 5.32 Å². The molecular formula is C17H22ClNO4. The standard InChI is InChI=1S/C17H22ClNO4/c1-22-14-4-3-9(15(18)16(14)23-2)8-19-13-7-10-5-11(13)6-12(10)17(20)21/h3-4,10-13,19H,5-8H2,1-2H3,(H,20,21)/t10-,11-,12-,13-/m1/s1. The predicted molar refractivity (Wildman–Crippen MR) is 87.1 cm³/mol. The zero-order valence-electron chi connectivity index (χ0n) is 13.3. The van der Waals surface area contributed by atoms with E-state index in [0.717, 1.165) is 24.8 Å². The second-order valence-corrected chi connectivity index (χ2v) is 6.81. The van der Waals surface area contributed by atoms with Crippen molar-refractivity contribution < 1.29 is 19.4 Å². The molecule has 4 atom stereocenters. The molecule has 0 amide bonds. The van der Waals surface area contributed by atoms with Crippen LogP contribution in [0, 0.1) is 17.8 Å². The van der Waals surface area contributed by atoms with Crippen molar-refractivity contribution in [3.63, 3.8) is 0 Å². The number of carbonyl (C=O) groups is 1. The Kier molecular flexibility index (Phi) is 4.69. The van der Waals surface area contributed by atoms with Crippen LogP contribution < -0.4 is 14.8 Å². The maximum atomic E-state index is 11.2. The van der Waals surface area contributed by atoms with E-state index in [1.165, 1.54) is 0 Å². The Morgan fingerprint density at radius 2 is 2.04 bits per heavy atom. The van der Waals surface area contributed by atoms with E-state index >= 15 is 0 Å². The number of hydrogen-bond donors (Lipinski definition) is 2. The second-order valence-electron chi connectivity index (χ2n) is 6.43. The van der Waals surface area contributed by atoms with Gasteiger partial charge in [-0.25, -0.2) is 0 Å². The fourth-order valence-corrected chi connectivity index (χ4v) is 4.44. The highest BCUT2D eigenvalue weighted by Gasteiger charge is 2.48. The van der Waals surface area contributed by atoms with E-state index in [-0.39, 0.29) is 5.92 Å². The van der Waals surface area contributed by atoms with Crippen LogP contribution in [-0.2, 0) is 11.3 Å². The topological polar surface area (TPSA) is 67.8 Å². The average Bonchev–Trinajstić information content (AvgIpc) is 3.13. The molecule has 0 radical (unpaired) electrons. The van der Waals surface area contributed by atoms with Crippen LogP contribution in [-0.4, -0.2) is 31.3 Å². The number of hydrogen-bond acceptors (Lipinski definition) is 4. The van der Waals surface area contributed by atoms with Gasteiger partial charge in [0.2, 0.25) is 0 Å². The van der Waals surface area contributed by atoms with Crippen molar-refractivity contribution in [2.45, 2.75) is 31.8 Å². The Morgan fingerprint density at radius 3 is 2.61 bits per heavy atom. The van der Waals surface area contributed by atoms with Gasteiger partial charge in [0.1, 0.15) is 0 Å². The van der Waals surface area contributed by atoms with E-state index < -0.39 is 5.97 Å². The van der Waals surface area contributed by atoms with Crippen molar-refractivity contribution in [1.82, 2.24) is 5.32 Å². The summed E-state index contributed by atoms with van der Waals surface area (Å²) in [6, 6.07) is 4.16. The van der Waals surface area contributed by atoms with Gasteiger partial charge in [0.25, 0.3) is 0 Å². The molecule has 126 valence electrons. The first-order chi connectivity index (χ1) is 11.0. The van der Waals surface area contributed by atoms with Gasteiger partial charge in [0.05, 0.1) is 25.2 Å². The molecule has 2 fully saturated rings. The third kappa shape index (κ3) is 3.00. The minimum atomic E-state index is -0.640. The lowest BCUT2D eigenvalue weighted by Gasteiger charge is -2.27. The number of methoxy groups -OCH3 is 2. The molecule has 3 rings (SSSR count). The Balaban J connectivity index is 1.63. The van der Waals surface area contributed by atoms with Crippen LogP contribution >= 0.6 is 11.6 Å². The van der Waals surface area contributed by atoms with Crippen molar-refractivity contribution in [3.8, 4) is 11.5 Å². The molecule has 1 aromatic rings. The number of halogens is 1. The van der Waals surface area contributed by atoms with E-state index in [4.69, 9.17) is 21.1 Å². The molecule has 2 N–H and O–H groups in total. The quantitative estimate of drug-likeness (QED) is 0.834. The molecule has 5 nitrogen and oxygen atoms in total. The number of fused-ring (bicyclic) bond motifs is 2. The summed E-state index contributed by atoms with van der Waals surface area (Å²) in [6.07, 6.45) is 2.75. The summed E-state index contributed by atoms with van der Waals surface area (Å²) >= 11 is 6.40. The van der Waals surface area contributed by atoms with Crippen LogP contribution in [0.4, 0.5) is 0 Å². The summed E-state index contributed by atoms with van der Waals surface area (Å²) in [6.45, 7) is 0.644. The summed E-state index contributed by atoms with van der Waals surface area (Å²) in [5.41, 5.74) is 0.960. The lowest BCUT2D eigenvalue weighted by atomic mass is 9.86. The van der Waals surface area contributed by atoms with Gasteiger partial charge in [-0.2, -0.15) is 0 Å². The molecule has 0 heterocycles. The summed E-state index contributed by atoms with van der Waals surface area (Å²) in [7, 11) is 3.16. The number of carboxylic acid groups (broad SMARTS) is 1. The fraction of sp³-hybridized carbons (Fsp3) is 0.588. The fourth-order valence-electron chi connectivity index (χ4n) is 4.14. The summed E-state index contributed by atoms with van der Waals surface area (Å²) in [4.78, 5) is 11.2. The Hall–Kier alpha value is -1.46. The van der Waals surface area contributed by atoms with E-state index in [1.807, 2.05) is 12.1 Å². The van der Waals surface area contributed by atoms with Crippen molar-refractivity contribution in [3.05, 3.63) is 22.7 Å². The molecule has 2 aliphatic carbocycles. The largest absolute Gasteiger partial charge is 0.493 e. The normalized spacial score (nSPS) is 28.8. The van der Waals surface area contributed by atoms with Gasteiger partial charge in [-0.15, -0.1) is 0 Å². The zero-order chi connectivity index (χ0) is 16.6. The first-order valence-electron chi connectivity index (χ1n) is 7.90. The lowest BCUT2D eigenvalue weighted by Crippen LogP contribution is -2.37. The van der Waals surface area contributed by atoms with Crippen molar-refractivity contribution in [2.24, 2.45) is 17.8 Å². The van der Waals surface area contributed by atoms with Gasteiger partial charge < -0.3 is 19.9 Å². The number of rotatable bonds is 6. The molecular weight excluding hydrogens is 318 g/mol. The highest BCUT2D eigenvalue weighted by molar-refractivity contribution is 6.33. The smallest absolute Gasteiger partial charge is 0.306 e. The maximum Gasteiger partial charge on any atom is 0.306 e. The second kappa shape index (κ2) is 6.57. The highest BCUT2D eigenvalue weighted by atomic mass is 35.5. The van der Waals surface area contributed by atoms with Crippen LogP contribution in [0.2, 0.25) is 5.02 Å². The van der Waals surface area contributed by atoms with Gasteiger partial charge in [-0.1, -0.05) is 17.7 Å². The van der Waals surface area contributed by atoms with Gasteiger partial charge in [0, 0.05) is 12.6 Å². The van der Waals surface area contributed by atoms with Crippen LogP contribution in [0.15, 0.2) is 12.1 Å². The van der Waals surface area contributed by atoms with E-state index in [9.17, 15) is 9.90 Å². The monoisotopic (exact) mass is 339 g/mol. The Bertz CT molecular complexity index is 607. The summed E-state index contributed by atoms with van der Waals surface area (Å²) in [5, 5.41) is 13.3. The molecule has 23 heavy (non-hydrogen) atoms. The van der Waals surface area contributed by atoms with Crippen molar-refractivity contribution in [1.29, 1.82) is 0 Å². The number of carboxylic acids is 1.